The Bertz CT molecular complexity index is 333. The van der Waals surface area contributed by atoms with Crippen molar-refractivity contribution in [1.29, 1.82) is 0 Å². The van der Waals surface area contributed by atoms with Gasteiger partial charge in [0, 0.05) is 12.2 Å². The summed E-state index contributed by atoms with van der Waals surface area (Å²) in [5, 5.41) is 3.07. The first-order valence-corrected chi connectivity index (χ1v) is 4.74. The topological polar surface area (TPSA) is 38.3 Å². The van der Waals surface area contributed by atoms with Crippen molar-refractivity contribution in [2.24, 2.45) is 0 Å². The predicted molar refractivity (Wildman–Crippen MR) is 59.1 cm³/mol. The molecule has 0 aliphatic heterocycles. The van der Waals surface area contributed by atoms with E-state index in [2.05, 4.69) is 16.6 Å². The monoisotopic (exact) mass is 205 g/mol. The van der Waals surface area contributed by atoms with Crippen molar-refractivity contribution in [3.63, 3.8) is 0 Å². The Balaban J connectivity index is 2.32. The number of rotatable bonds is 5. The lowest BCUT2D eigenvalue weighted by molar-refractivity contribution is -0.139. The molecule has 1 aromatic carbocycles. The SMILES string of the molecule is C=C(CC(=O)OC)NCc1ccccc1. The van der Waals surface area contributed by atoms with Crippen LogP contribution in [0, 0.1) is 0 Å². The number of nitrogens with one attached hydrogen (secondary N) is 1. The highest BCUT2D eigenvalue weighted by atomic mass is 16.5. The van der Waals surface area contributed by atoms with Gasteiger partial charge in [-0.15, -0.1) is 0 Å². The Hall–Kier alpha value is -1.77. The van der Waals surface area contributed by atoms with Crippen LogP contribution in [0.3, 0.4) is 0 Å². The number of ether oxygens (including phenoxy) is 1. The van der Waals surface area contributed by atoms with Crippen LogP contribution in [0.5, 0.6) is 0 Å². The molecule has 0 spiro atoms. The largest absolute Gasteiger partial charge is 0.469 e. The Morgan fingerprint density at radius 1 is 1.40 bits per heavy atom. The smallest absolute Gasteiger partial charge is 0.311 e. The molecule has 3 heteroatoms. The fraction of sp³-hybridized carbons (Fsp3) is 0.250. The minimum atomic E-state index is -0.277. The van der Waals surface area contributed by atoms with Gasteiger partial charge in [0.25, 0.3) is 0 Å². The molecule has 0 saturated heterocycles. The Kier molecular flexibility index (Phi) is 4.41. The summed E-state index contributed by atoms with van der Waals surface area (Å²) in [5.74, 6) is -0.277. The summed E-state index contributed by atoms with van der Waals surface area (Å²) < 4.78 is 4.53. The molecule has 0 aliphatic carbocycles. The number of methoxy groups -OCH3 is 1. The van der Waals surface area contributed by atoms with E-state index in [0.717, 1.165) is 5.56 Å². The lowest BCUT2D eigenvalue weighted by Gasteiger charge is -2.08. The average Bonchev–Trinajstić information content (AvgIpc) is 2.27. The molecule has 0 atom stereocenters. The van der Waals surface area contributed by atoms with Gasteiger partial charge in [0.1, 0.15) is 0 Å². The summed E-state index contributed by atoms with van der Waals surface area (Å²) >= 11 is 0. The molecule has 1 aromatic rings. The fourth-order valence-corrected chi connectivity index (χ4v) is 1.13. The molecule has 3 nitrogen and oxygen atoms in total. The van der Waals surface area contributed by atoms with Crippen molar-refractivity contribution in [1.82, 2.24) is 5.32 Å². The first kappa shape index (κ1) is 11.3. The molecule has 0 bridgehead atoms. The van der Waals surface area contributed by atoms with Gasteiger partial charge in [0.15, 0.2) is 0 Å². The van der Waals surface area contributed by atoms with Crippen molar-refractivity contribution in [3.05, 3.63) is 48.2 Å². The molecule has 0 radical (unpaired) electrons. The van der Waals surface area contributed by atoms with Gasteiger partial charge in [0.2, 0.25) is 0 Å². The van der Waals surface area contributed by atoms with Crippen LogP contribution in [-0.2, 0) is 16.1 Å². The van der Waals surface area contributed by atoms with Crippen LogP contribution in [0.25, 0.3) is 0 Å². The lowest BCUT2D eigenvalue weighted by Crippen LogP contribution is -2.15. The number of benzene rings is 1. The van der Waals surface area contributed by atoms with Gasteiger partial charge in [0.05, 0.1) is 13.5 Å². The van der Waals surface area contributed by atoms with Crippen molar-refractivity contribution >= 4 is 5.97 Å². The molecular weight excluding hydrogens is 190 g/mol. The van der Waals surface area contributed by atoms with Gasteiger partial charge in [-0.3, -0.25) is 4.79 Å². The molecule has 0 fully saturated rings. The lowest BCUT2D eigenvalue weighted by atomic mass is 10.2. The van der Waals surface area contributed by atoms with Crippen molar-refractivity contribution < 1.29 is 9.53 Å². The van der Waals surface area contributed by atoms with Crippen molar-refractivity contribution in [3.8, 4) is 0 Å². The summed E-state index contributed by atoms with van der Waals surface area (Å²) in [6.45, 7) is 4.42. The van der Waals surface area contributed by atoms with Crippen LogP contribution < -0.4 is 5.32 Å². The summed E-state index contributed by atoms with van der Waals surface area (Å²) in [6.07, 6.45) is 0.212. The molecule has 0 unspecified atom stereocenters. The molecule has 0 aromatic heterocycles. The molecule has 0 heterocycles. The van der Waals surface area contributed by atoms with Crippen LogP contribution in [0.2, 0.25) is 0 Å². The van der Waals surface area contributed by atoms with E-state index in [1.807, 2.05) is 30.3 Å². The van der Waals surface area contributed by atoms with Crippen molar-refractivity contribution in [2.75, 3.05) is 7.11 Å². The summed E-state index contributed by atoms with van der Waals surface area (Å²) in [5.41, 5.74) is 1.83. The second-order valence-corrected chi connectivity index (χ2v) is 3.20. The minimum Gasteiger partial charge on any atom is -0.469 e. The van der Waals surface area contributed by atoms with Crippen LogP contribution in [-0.4, -0.2) is 13.1 Å². The molecule has 1 rings (SSSR count). The summed E-state index contributed by atoms with van der Waals surface area (Å²) in [4.78, 5) is 10.9. The highest BCUT2D eigenvalue weighted by molar-refractivity contribution is 5.71. The van der Waals surface area contributed by atoms with E-state index in [9.17, 15) is 4.79 Å². The molecule has 0 saturated carbocycles. The van der Waals surface area contributed by atoms with Gasteiger partial charge < -0.3 is 10.1 Å². The second-order valence-electron chi connectivity index (χ2n) is 3.20. The second kappa shape index (κ2) is 5.86. The Morgan fingerprint density at radius 2 is 2.07 bits per heavy atom. The number of esters is 1. The average molecular weight is 205 g/mol. The van der Waals surface area contributed by atoms with E-state index in [-0.39, 0.29) is 12.4 Å². The zero-order valence-electron chi connectivity index (χ0n) is 8.82. The maximum absolute atomic E-state index is 10.9. The molecule has 0 aliphatic rings. The van der Waals surface area contributed by atoms with Gasteiger partial charge in [-0.05, 0) is 5.56 Å². The standard InChI is InChI=1S/C12H15NO2/c1-10(8-12(14)15-2)13-9-11-6-4-3-5-7-11/h3-7,13H,1,8-9H2,2H3. The van der Waals surface area contributed by atoms with Gasteiger partial charge >= 0.3 is 5.97 Å². The molecule has 15 heavy (non-hydrogen) atoms. The van der Waals surface area contributed by atoms with E-state index in [4.69, 9.17) is 0 Å². The number of carbonyl (C=O) groups is 1. The van der Waals surface area contributed by atoms with E-state index in [1.54, 1.807) is 0 Å². The third-order valence-corrected chi connectivity index (χ3v) is 1.97. The Morgan fingerprint density at radius 3 is 2.67 bits per heavy atom. The maximum Gasteiger partial charge on any atom is 0.311 e. The molecule has 0 amide bonds. The van der Waals surface area contributed by atoms with Crippen molar-refractivity contribution in [2.45, 2.75) is 13.0 Å². The van der Waals surface area contributed by atoms with Crippen LogP contribution >= 0.6 is 0 Å². The first-order chi connectivity index (χ1) is 7.22. The highest BCUT2D eigenvalue weighted by Crippen LogP contribution is 2.01. The quantitative estimate of drug-likeness (QED) is 0.745. The normalized spacial score (nSPS) is 9.40. The fourth-order valence-electron chi connectivity index (χ4n) is 1.13. The third kappa shape index (κ3) is 4.31. The van der Waals surface area contributed by atoms with Gasteiger partial charge in [-0.1, -0.05) is 36.9 Å². The van der Waals surface area contributed by atoms with Crippen LogP contribution in [0.15, 0.2) is 42.6 Å². The van der Waals surface area contributed by atoms with E-state index in [0.29, 0.717) is 12.2 Å². The maximum atomic E-state index is 10.9. The number of hydrogen-bond donors (Lipinski definition) is 1. The number of hydrogen-bond acceptors (Lipinski definition) is 3. The Labute approximate surface area is 89.8 Å². The minimum absolute atomic E-state index is 0.212. The zero-order valence-corrected chi connectivity index (χ0v) is 8.82. The van der Waals surface area contributed by atoms with E-state index >= 15 is 0 Å². The van der Waals surface area contributed by atoms with E-state index in [1.165, 1.54) is 7.11 Å². The third-order valence-electron chi connectivity index (χ3n) is 1.97. The summed E-state index contributed by atoms with van der Waals surface area (Å²) in [7, 11) is 1.37. The summed E-state index contributed by atoms with van der Waals surface area (Å²) in [6, 6.07) is 9.93. The predicted octanol–water partition coefficient (Wildman–Crippen LogP) is 1.85. The molecule has 1 N–H and O–H groups in total. The highest BCUT2D eigenvalue weighted by Gasteiger charge is 2.02. The molecular formula is C12H15NO2. The molecule has 80 valence electrons. The first-order valence-electron chi connectivity index (χ1n) is 4.74. The van der Waals surface area contributed by atoms with Gasteiger partial charge in [-0.25, -0.2) is 0 Å². The zero-order chi connectivity index (χ0) is 11.1. The number of carbonyl (C=O) groups excluding carboxylic acids is 1. The van der Waals surface area contributed by atoms with E-state index < -0.39 is 0 Å². The van der Waals surface area contributed by atoms with Gasteiger partial charge in [-0.2, -0.15) is 0 Å². The van der Waals surface area contributed by atoms with Crippen LogP contribution in [0.1, 0.15) is 12.0 Å². The van der Waals surface area contributed by atoms with Crippen LogP contribution in [0.4, 0.5) is 0 Å².